The van der Waals surface area contributed by atoms with Crippen LogP contribution >= 0.6 is 0 Å². The van der Waals surface area contributed by atoms with E-state index in [2.05, 4.69) is 20.9 Å². The SMILES string of the molecule is O=C(N[C@H](CNc1ccc(F)cc1)COCc1ccccc1)C(CC1CCCCC1)Nc1nc2ccccc2o1. The van der Waals surface area contributed by atoms with Gasteiger partial charge in [-0.3, -0.25) is 4.79 Å². The van der Waals surface area contributed by atoms with E-state index in [1.54, 1.807) is 12.1 Å². The van der Waals surface area contributed by atoms with Crippen molar-refractivity contribution in [1.29, 1.82) is 0 Å². The summed E-state index contributed by atoms with van der Waals surface area (Å²) < 4.78 is 25.3. The molecule has 3 N–H and O–H groups in total. The smallest absolute Gasteiger partial charge is 0.296 e. The van der Waals surface area contributed by atoms with E-state index in [0.717, 1.165) is 29.6 Å². The van der Waals surface area contributed by atoms with E-state index in [1.165, 1.54) is 31.4 Å². The first-order chi connectivity index (χ1) is 19.6. The number of halogens is 1. The van der Waals surface area contributed by atoms with Crippen molar-refractivity contribution in [2.75, 3.05) is 23.8 Å². The van der Waals surface area contributed by atoms with E-state index in [0.29, 0.717) is 43.7 Å². The summed E-state index contributed by atoms with van der Waals surface area (Å²) in [7, 11) is 0. The van der Waals surface area contributed by atoms with E-state index >= 15 is 0 Å². The number of nitrogens with one attached hydrogen (secondary N) is 3. The molecule has 4 aromatic rings. The van der Waals surface area contributed by atoms with Crippen LogP contribution in [0.5, 0.6) is 0 Å². The first kappa shape index (κ1) is 27.6. The Bertz CT molecular complexity index is 1310. The van der Waals surface area contributed by atoms with Crippen molar-refractivity contribution in [3.8, 4) is 0 Å². The Morgan fingerprint density at radius 1 is 0.975 bits per heavy atom. The summed E-state index contributed by atoms with van der Waals surface area (Å²) in [4.78, 5) is 18.3. The summed E-state index contributed by atoms with van der Waals surface area (Å²) in [5.74, 6) is 0.0472. The maximum atomic E-state index is 13.8. The molecule has 1 aliphatic rings. The minimum atomic E-state index is -0.501. The topological polar surface area (TPSA) is 88.4 Å². The van der Waals surface area contributed by atoms with Crippen molar-refractivity contribution in [2.45, 2.75) is 57.2 Å². The number of hydrogen-bond donors (Lipinski definition) is 3. The van der Waals surface area contributed by atoms with Crippen molar-refractivity contribution in [2.24, 2.45) is 5.92 Å². The van der Waals surface area contributed by atoms with Crippen LogP contribution in [0.2, 0.25) is 0 Å². The molecule has 1 fully saturated rings. The average molecular weight is 545 g/mol. The molecule has 3 aromatic carbocycles. The van der Waals surface area contributed by atoms with Gasteiger partial charge in [-0.15, -0.1) is 0 Å². The fraction of sp³-hybridized carbons (Fsp3) is 0.375. The van der Waals surface area contributed by atoms with E-state index in [4.69, 9.17) is 9.15 Å². The second-order valence-corrected chi connectivity index (χ2v) is 10.5. The molecule has 5 rings (SSSR count). The maximum Gasteiger partial charge on any atom is 0.296 e. The van der Waals surface area contributed by atoms with Crippen molar-refractivity contribution in [3.05, 3.63) is 90.2 Å². The molecule has 1 saturated carbocycles. The second kappa shape index (κ2) is 13.9. The zero-order valence-electron chi connectivity index (χ0n) is 22.7. The number of hydrogen-bond acceptors (Lipinski definition) is 6. The van der Waals surface area contributed by atoms with E-state index in [9.17, 15) is 9.18 Å². The van der Waals surface area contributed by atoms with E-state index in [-0.39, 0.29) is 17.8 Å². The standard InChI is InChI=1S/C32H37FN4O3/c33-25-15-17-26(18-16-25)34-20-27(22-39-21-24-11-5-2-6-12-24)35-31(38)29(19-23-9-3-1-4-10-23)37-32-36-28-13-7-8-14-30(28)40-32/h2,5-8,11-18,23,27,29,34H,1,3-4,9-10,19-22H2,(H,35,38)(H,36,37)/t27-,29?/m1/s1. The quantitative estimate of drug-likeness (QED) is 0.177. The van der Waals surface area contributed by atoms with Gasteiger partial charge in [0.1, 0.15) is 17.4 Å². The lowest BCUT2D eigenvalue weighted by atomic mass is 9.84. The molecule has 8 heteroatoms. The van der Waals surface area contributed by atoms with Crippen LogP contribution in [0, 0.1) is 11.7 Å². The third-order valence-electron chi connectivity index (χ3n) is 7.38. The normalized spacial score (nSPS) is 15.4. The Morgan fingerprint density at radius 2 is 1.73 bits per heavy atom. The molecule has 0 bridgehead atoms. The van der Waals surface area contributed by atoms with Crippen LogP contribution in [0.4, 0.5) is 16.1 Å². The number of para-hydroxylation sites is 2. The summed E-state index contributed by atoms with van der Waals surface area (Å²) in [6, 6.07) is 23.2. The van der Waals surface area contributed by atoms with Crippen molar-refractivity contribution >= 4 is 28.7 Å². The highest BCUT2D eigenvalue weighted by molar-refractivity contribution is 5.85. The predicted molar refractivity (Wildman–Crippen MR) is 156 cm³/mol. The molecule has 0 saturated heterocycles. The van der Waals surface area contributed by atoms with Crippen LogP contribution in [0.25, 0.3) is 11.1 Å². The van der Waals surface area contributed by atoms with Crippen molar-refractivity contribution in [3.63, 3.8) is 0 Å². The number of carbonyl (C=O) groups excluding carboxylic acids is 1. The Kier molecular flexibility index (Phi) is 9.63. The number of oxazole rings is 1. The number of anilines is 2. The Labute approximate surface area is 234 Å². The first-order valence-electron chi connectivity index (χ1n) is 14.2. The lowest BCUT2D eigenvalue weighted by Gasteiger charge is -2.28. The summed E-state index contributed by atoms with van der Waals surface area (Å²) >= 11 is 0. The van der Waals surface area contributed by atoms with E-state index in [1.807, 2.05) is 54.6 Å². The molecule has 40 heavy (non-hydrogen) atoms. The van der Waals surface area contributed by atoms with Crippen molar-refractivity contribution < 1.29 is 18.3 Å². The van der Waals surface area contributed by atoms with Gasteiger partial charge in [0.2, 0.25) is 5.91 Å². The molecular formula is C32H37FN4O3. The van der Waals surface area contributed by atoms with Gasteiger partial charge in [0.25, 0.3) is 6.01 Å². The number of benzene rings is 3. The van der Waals surface area contributed by atoms with Crippen LogP contribution < -0.4 is 16.0 Å². The maximum absolute atomic E-state index is 13.8. The zero-order valence-corrected chi connectivity index (χ0v) is 22.7. The minimum absolute atomic E-state index is 0.123. The fourth-order valence-corrected chi connectivity index (χ4v) is 5.23. The molecule has 1 amide bonds. The number of carbonyl (C=O) groups is 1. The Balaban J connectivity index is 1.27. The number of nitrogens with zero attached hydrogens (tertiary/aromatic N) is 1. The van der Waals surface area contributed by atoms with Gasteiger partial charge in [0, 0.05) is 12.2 Å². The summed E-state index contributed by atoms with van der Waals surface area (Å²) in [6.07, 6.45) is 6.58. The van der Waals surface area contributed by atoms with Crippen molar-refractivity contribution in [1.82, 2.24) is 10.3 Å². The molecule has 0 aliphatic heterocycles. The third-order valence-corrected chi connectivity index (χ3v) is 7.38. The number of ether oxygens (including phenoxy) is 1. The lowest BCUT2D eigenvalue weighted by molar-refractivity contribution is -0.123. The molecular weight excluding hydrogens is 507 g/mol. The van der Waals surface area contributed by atoms with Crippen LogP contribution in [0.1, 0.15) is 44.1 Å². The number of amides is 1. The zero-order chi connectivity index (χ0) is 27.6. The minimum Gasteiger partial charge on any atom is -0.424 e. The summed E-state index contributed by atoms with van der Waals surface area (Å²) in [5.41, 5.74) is 3.26. The van der Waals surface area contributed by atoms with Gasteiger partial charge in [0.15, 0.2) is 5.58 Å². The lowest BCUT2D eigenvalue weighted by Crippen LogP contribution is -2.49. The molecule has 1 aromatic heterocycles. The Morgan fingerprint density at radius 3 is 2.50 bits per heavy atom. The first-order valence-corrected chi connectivity index (χ1v) is 14.2. The largest absolute Gasteiger partial charge is 0.424 e. The van der Waals surface area contributed by atoms with Gasteiger partial charge in [0.05, 0.1) is 19.3 Å². The molecule has 2 atom stereocenters. The van der Waals surface area contributed by atoms with Crippen LogP contribution in [0.15, 0.2) is 83.3 Å². The van der Waals surface area contributed by atoms with E-state index < -0.39 is 6.04 Å². The third kappa shape index (κ3) is 8.05. The van der Waals surface area contributed by atoms with Gasteiger partial charge in [-0.1, -0.05) is 74.6 Å². The number of aromatic nitrogens is 1. The van der Waals surface area contributed by atoms with Crippen LogP contribution in [-0.2, 0) is 16.1 Å². The summed E-state index contributed by atoms with van der Waals surface area (Å²) in [6.45, 7) is 1.18. The molecule has 7 nitrogen and oxygen atoms in total. The average Bonchev–Trinajstić information content (AvgIpc) is 3.40. The highest BCUT2D eigenvalue weighted by Crippen LogP contribution is 2.29. The molecule has 210 valence electrons. The second-order valence-electron chi connectivity index (χ2n) is 10.5. The van der Waals surface area contributed by atoms with Gasteiger partial charge in [-0.25, -0.2) is 4.39 Å². The van der Waals surface area contributed by atoms with Crippen LogP contribution in [0.3, 0.4) is 0 Å². The molecule has 0 radical (unpaired) electrons. The molecule has 1 unspecified atom stereocenters. The fourth-order valence-electron chi connectivity index (χ4n) is 5.23. The monoisotopic (exact) mass is 544 g/mol. The molecule has 0 spiro atoms. The van der Waals surface area contributed by atoms with Gasteiger partial charge < -0.3 is 25.1 Å². The highest BCUT2D eigenvalue weighted by Gasteiger charge is 2.27. The van der Waals surface area contributed by atoms with Gasteiger partial charge in [-0.05, 0) is 54.3 Å². The highest BCUT2D eigenvalue weighted by atomic mass is 19.1. The Hall–Kier alpha value is -3.91. The van der Waals surface area contributed by atoms with Gasteiger partial charge >= 0.3 is 0 Å². The summed E-state index contributed by atoms with van der Waals surface area (Å²) in [5, 5.41) is 9.79. The number of rotatable bonds is 13. The number of fused-ring (bicyclic) bond motifs is 1. The van der Waals surface area contributed by atoms with Gasteiger partial charge in [-0.2, -0.15) is 4.98 Å². The molecule has 1 heterocycles. The predicted octanol–water partition coefficient (Wildman–Crippen LogP) is 6.53. The molecule has 1 aliphatic carbocycles. The van der Waals surface area contributed by atoms with Crippen LogP contribution in [-0.4, -0.2) is 36.1 Å².